The number of hydrogen-bond donors (Lipinski definition) is 2. The topological polar surface area (TPSA) is 73.1 Å². The SMILES string of the molecule is COc1ccc(N)c(Nc2ccnc(SC)n2)c1. The molecule has 3 N–H and O–H groups in total. The van der Waals surface area contributed by atoms with Crippen molar-refractivity contribution in [3.63, 3.8) is 0 Å². The van der Waals surface area contributed by atoms with Gasteiger partial charge in [-0.15, -0.1) is 0 Å². The molecule has 5 nitrogen and oxygen atoms in total. The minimum Gasteiger partial charge on any atom is -0.497 e. The van der Waals surface area contributed by atoms with Gasteiger partial charge >= 0.3 is 0 Å². The summed E-state index contributed by atoms with van der Waals surface area (Å²) in [7, 11) is 1.62. The van der Waals surface area contributed by atoms with Gasteiger partial charge in [0, 0.05) is 12.3 Å². The van der Waals surface area contributed by atoms with Crippen LogP contribution < -0.4 is 15.8 Å². The monoisotopic (exact) mass is 262 g/mol. The smallest absolute Gasteiger partial charge is 0.189 e. The molecule has 1 aromatic carbocycles. The zero-order chi connectivity index (χ0) is 13.0. The van der Waals surface area contributed by atoms with Crippen LogP contribution in [0.5, 0.6) is 5.75 Å². The number of nitrogens with zero attached hydrogens (tertiary/aromatic N) is 2. The molecule has 0 unspecified atom stereocenters. The number of hydrogen-bond acceptors (Lipinski definition) is 6. The van der Waals surface area contributed by atoms with Crippen molar-refractivity contribution in [2.24, 2.45) is 0 Å². The fourth-order valence-corrected chi connectivity index (χ4v) is 1.77. The minimum atomic E-state index is 0.639. The Kier molecular flexibility index (Phi) is 3.88. The average molecular weight is 262 g/mol. The van der Waals surface area contributed by atoms with Crippen LogP contribution in [0.1, 0.15) is 0 Å². The molecule has 0 spiro atoms. The molecule has 0 aliphatic carbocycles. The number of ether oxygens (including phenoxy) is 1. The van der Waals surface area contributed by atoms with Gasteiger partial charge in [-0.3, -0.25) is 0 Å². The third-order valence-corrected chi connectivity index (χ3v) is 2.90. The highest BCUT2D eigenvalue weighted by Crippen LogP contribution is 2.27. The predicted molar refractivity (Wildman–Crippen MR) is 74.5 cm³/mol. The summed E-state index contributed by atoms with van der Waals surface area (Å²) < 4.78 is 5.16. The maximum atomic E-state index is 5.90. The van der Waals surface area contributed by atoms with Crippen LogP contribution in [0.25, 0.3) is 0 Å². The Labute approximate surface area is 110 Å². The molecule has 0 atom stereocenters. The van der Waals surface area contributed by atoms with Crippen molar-refractivity contribution in [3.05, 3.63) is 30.5 Å². The third kappa shape index (κ3) is 2.84. The van der Waals surface area contributed by atoms with Gasteiger partial charge in [0.1, 0.15) is 11.6 Å². The summed E-state index contributed by atoms with van der Waals surface area (Å²) in [4.78, 5) is 8.44. The first kappa shape index (κ1) is 12.5. The van der Waals surface area contributed by atoms with Gasteiger partial charge in [-0.1, -0.05) is 11.8 Å². The Balaban J connectivity index is 2.27. The van der Waals surface area contributed by atoms with Gasteiger partial charge in [-0.05, 0) is 24.5 Å². The number of methoxy groups -OCH3 is 1. The van der Waals surface area contributed by atoms with Gasteiger partial charge in [0.2, 0.25) is 0 Å². The van der Waals surface area contributed by atoms with Crippen molar-refractivity contribution in [3.8, 4) is 5.75 Å². The van der Waals surface area contributed by atoms with Crippen LogP contribution in [0, 0.1) is 0 Å². The first-order chi connectivity index (χ1) is 8.72. The summed E-state index contributed by atoms with van der Waals surface area (Å²) >= 11 is 1.49. The quantitative estimate of drug-likeness (QED) is 0.501. The van der Waals surface area contributed by atoms with Gasteiger partial charge in [0.05, 0.1) is 18.5 Å². The molecule has 0 fully saturated rings. The maximum absolute atomic E-state index is 5.90. The lowest BCUT2D eigenvalue weighted by molar-refractivity contribution is 0.415. The number of rotatable bonds is 4. The van der Waals surface area contributed by atoms with Gasteiger partial charge in [-0.2, -0.15) is 0 Å². The Hall–Kier alpha value is -1.95. The highest BCUT2D eigenvalue weighted by atomic mass is 32.2. The second kappa shape index (κ2) is 5.59. The second-order valence-corrected chi connectivity index (χ2v) is 4.28. The molecule has 0 radical (unpaired) electrons. The lowest BCUT2D eigenvalue weighted by Crippen LogP contribution is -1.99. The molecule has 0 aliphatic rings. The number of benzene rings is 1. The Bertz CT molecular complexity index is 547. The van der Waals surface area contributed by atoms with Gasteiger partial charge in [0.25, 0.3) is 0 Å². The van der Waals surface area contributed by atoms with E-state index in [-0.39, 0.29) is 0 Å². The number of nitrogens with two attached hydrogens (primary N) is 1. The average Bonchev–Trinajstić information content (AvgIpc) is 2.41. The predicted octanol–water partition coefficient (Wildman–Crippen LogP) is 2.53. The fourth-order valence-electron chi connectivity index (χ4n) is 1.42. The van der Waals surface area contributed by atoms with E-state index in [0.29, 0.717) is 16.7 Å². The van der Waals surface area contributed by atoms with Gasteiger partial charge in [-0.25, -0.2) is 9.97 Å². The maximum Gasteiger partial charge on any atom is 0.189 e. The molecule has 2 aromatic rings. The first-order valence-corrected chi connectivity index (χ1v) is 6.53. The first-order valence-electron chi connectivity index (χ1n) is 5.30. The summed E-state index contributed by atoms with van der Waals surface area (Å²) in [6.07, 6.45) is 3.64. The van der Waals surface area contributed by atoms with E-state index in [2.05, 4.69) is 15.3 Å². The third-order valence-electron chi connectivity index (χ3n) is 2.34. The van der Waals surface area contributed by atoms with E-state index < -0.39 is 0 Å². The standard InChI is InChI=1S/C12H14N4OS/c1-17-8-3-4-9(13)10(7-8)15-11-5-6-14-12(16-11)18-2/h3-7H,13H2,1-2H3,(H,14,15,16). The van der Waals surface area contributed by atoms with E-state index in [9.17, 15) is 0 Å². The van der Waals surface area contributed by atoms with Crippen molar-refractivity contribution in [1.82, 2.24) is 9.97 Å². The second-order valence-electron chi connectivity index (χ2n) is 3.51. The lowest BCUT2D eigenvalue weighted by atomic mass is 10.2. The van der Waals surface area contributed by atoms with Gasteiger partial charge in [0.15, 0.2) is 5.16 Å². The molecule has 6 heteroatoms. The van der Waals surface area contributed by atoms with Crippen molar-refractivity contribution in [1.29, 1.82) is 0 Å². The zero-order valence-electron chi connectivity index (χ0n) is 10.2. The van der Waals surface area contributed by atoms with E-state index in [1.165, 1.54) is 11.8 Å². The molecule has 18 heavy (non-hydrogen) atoms. The largest absolute Gasteiger partial charge is 0.497 e. The van der Waals surface area contributed by atoms with Crippen molar-refractivity contribution >= 4 is 29.0 Å². The molecular formula is C12H14N4OS. The number of anilines is 3. The fraction of sp³-hybridized carbons (Fsp3) is 0.167. The Morgan fingerprint density at radius 3 is 2.89 bits per heavy atom. The van der Waals surface area contributed by atoms with E-state index in [0.717, 1.165) is 11.4 Å². The van der Waals surface area contributed by atoms with E-state index >= 15 is 0 Å². The molecule has 0 amide bonds. The molecule has 1 aromatic heterocycles. The van der Waals surface area contributed by atoms with Crippen LogP contribution in [-0.4, -0.2) is 23.3 Å². The molecule has 0 saturated heterocycles. The molecular weight excluding hydrogens is 248 g/mol. The van der Waals surface area contributed by atoms with Crippen LogP contribution in [0.4, 0.5) is 17.2 Å². The summed E-state index contributed by atoms with van der Waals surface area (Å²) in [6, 6.07) is 7.22. The summed E-state index contributed by atoms with van der Waals surface area (Å²) in [5.74, 6) is 1.44. The highest BCUT2D eigenvalue weighted by molar-refractivity contribution is 7.98. The summed E-state index contributed by atoms with van der Waals surface area (Å²) in [5.41, 5.74) is 7.30. The Morgan fingerprint density at radius 1 is 1.33 bits per heavy atom. The summed E-state index contributed by atoms with van der Waals surface area (Å²) in [5, 5.41) is 3.86. The van der Waals surface area contributed by atoms with Crippen molar-refractivity contribution in [2.45, 2.75) is 5.16 Å². The number of aromatic nitrogens is 2. The van der Waals surface area contributed by atoms with Crippen molar-refractivity contribution < 1.29 is 4.74 Å². The molecule has 1 heterocycles. The van der Waals surface area contributed by atoms with Crippen molar-refractivity contribution in [2.75, 3.05) is 24.4 Å². The molecule has 0 saturated carbocycles. The van der Waals surface area contributed by atoms with Gasteiger partial charge < -0.3 is 15.8 Å². The number of nitrogens with one attached hydrogen (secondary N) is 1. The van der Waals surface area contributed by atoms with E-state index in [1.54, 1.807) is 25.4 Å². The Morgan fingerprint density at radius 2 is 2.17 bits per heavy atom. The van der Waals surface area contributed by atoms with Crippen LogP contribution in [-0.2, 0) is 0 Å². The normalized spacial score (nSPS) is 10.1. The van der Waals surface area contributed by atoms with Crippen LogP contribution >= 0.6 is 11.8 Å². The van der Waals surface area contributed by atoms with E-state index in [1.807, 2.05) is 18.4 Å². The van der Waals surface area contributed by atoms with Crippen LogP contribution in [0.15, 0.2) is 35.6 Å². The molecule has 94 valence electrons. The lowest BCUT2D eigenvalue weighted by Gasteiger charge is -2.10. The molecule has 2 rings (SSSR count). The van der Waals surface area contributed by atoms with Crippen LogP contribution in [0.2, 0.25) is 0 Å². The number of thioether (sulfide) groups is 1. The minimum absolute atomic E-state index is 0.639. The van der Waals surface area contributed by atoms with E-state index in [4.69, 9.17) is 10.5 Å². The highest BCUT2D eigenvalue weighted by Gasteiger charge is 2.04. The number of nitrogen functional groups attached to an aromatic ring is 1. The molecule has 0 bridgehead atoms. The van der Waals surface area contributed by atoms with Crippen LogP contribution in [0.3, 0.4) is 0 Å². The molecule has 0 aliphatic heterocycles. The zero-order valence-corrected chi connectivity index (χ0v) is 11.0. The summed E-state index contributed by atoms with van der Waals surface area (Å²) in [6.45, 7) is 0.